The van der Waals surface area contributed by atoms with Crippen LogP contribution in [0.2, 0.25) is 5.02 Å². The van der Waals surface area contributed by atoms with Gasteiger partial charge in [0.2, 0.25) is 0 Å². The van der Waals surface area contributed by atoms with E-state index in [1.54, 1.807) is 44.7 Å². The summed E-state index contributed by atoms with van der Waals surface area (Å²) in [7, 11) is 3.23. The quantitative estimate of drug-likeness (QED) is 0.0969. The minimum atomic E-state index is -1.33. The molecule has 4 rings (SSSR count). The van der Waals surface area contributed by atoms with Gasteiger partial charge in [0, 0.05) is 51.3 Å². The van der Waals surface area contributed by atoms with Crippen molar-refractivity contribution < 1.29 is 14.0 Å². The number of nitrogens with one attached hydrogen (secondary N) is 6. The van der Waals surface area contributed by atoms with Gasteiger partial charge in [-0.25, -0.2) is 0 Å². The highest BCUT2D eigenvalue weighted by Crippen LogP contribution is 2.27. The molecule has 0 saturated carbocycles. The highest BCUT2D eigenvalue weighted by atomic mass is 35.5. The van der Waals surface area contributed by atoms with Crippen molar-refractivity contribution in [2.75, 3.05) is 19.5 Å². The SMILES string of the molecule is CC(C)NC(=N)NC(=N)Nc1ccc(Cl)cc1.COc1ccc2[nH]c([S+]([O-])Cc3ncc(C)c(OC)c3C)nc2c1. The average Bonchev–Trinajstić information content (AvgIpc) is 3.35. The third-order valence-corrected chi connectivity index (χ3v) is 7.11. The summed E-state index contributed by atoms with van der Waals surface area (Å²) in [6.45, 7) is 7.71. The van der Waals surface area contributed by atoms with Gasteiger partial charge in [-0.2, -0.15) is 4.98 Å². The maximum absolute atomic E-state index is 12.7. The van der Waals surface area contributed by atoms with E-state index in [1.807, 2.05) is 45.9 Å². The molecule has 13 heteroatoms. The van der Waals surface area contributed by atoms with Crippen LogP contribution in [-0.2, 0) is 16.9 Å². The maximum atomic E-state index is 12.7. The second-order valence-corrected chi connectivity index (χ2v) is 11.1. The number of H-pyrrole nitrogens is 1. The molecule has 1 unspecified atom stereocenters. The Hall–Kier alpha value is -4.00. The van der Waals surface area contributed by atoms with Crippen LogP contribution in [0.25, 0.3) is 11.0 Å². The number of ether oxygens (including phenoxy) is 2. The second kappa shape index (κ2) is 14.6. The van der Waals surface area contributed by atoms with Crippen LogP contribution in [0.3, 0.4) is 0 Å². The van der Waals surface area contributed by atoms with Crippen LogP contribution in [0, 0.1) is 24.7 Å². The standard InChI is InChI=1S/C17H19N3O3S.C11H16ClN5/c1-10-8-18-15(11(2)16(10)23-4)9-24(21)17-19-13-6-5-12(22-3)7-14(13)20-17;1-7(2)15-10(13)17-11(14)16-9-5-3-8(12)4-6-9/h5-8H,9H2,1-4H3,(H,19,20);3-7H,1-2H3,(H5,13,14,15,16,17). The van der Waals surface area contributed by atoms with Gasteiger partial charge in [0.25, 0.3) is 0 Å². The van der Waals surface area contributed by atoms with Gasteiger partial charge >= 0.3 is 5.16 Å². The van der Waals surface area contributed by atoms with Gasteiger partial charge in [-0.15, -0.1) is 0 Å². The number of benzene rings is 2. The Bertz CT molecular complexity index is 1490. The number of fused-ring (bicyclic) bond motifs is 1. The van der Waals surface area contributed by atoms with Gasteiger partial charge in [-0.05, 0) is 64.1 Å². The number of imidazole rings is 1. The molecule has 0 aliphatic rings. The number of hydrogen-bond donors (Lipinski definition) is 6. The number of guanidine groups is 2. The molecule has 0 amide bonds. The minimum Gasteiger partial charge on any atom is -0.609 e. The molecule has 41 heavy (non-hydrogen) atoms. The predicted molar refractivity (Wildman–Crippen MR) is 165 cm³/mol. The first-order valence-corrected chi connectivity index (χ1v) is 14.3. The number of aromatic amines is 1. The molecular weight excluding hydrogens is 564 g/mol. The molecule has 0 fully saturated rings. The first-order chi connectivity index (χ1) is 19.5. The number of aryl methyl sites for hydroxylation is 1. The van der Waals surface area contributed by atoms with Crippen molar-refractivity contribution in [2.45, 2.75) is 44.6 Å². The summed E-state index contributed by atoms with van der Waals surface area (Å²) in [5.41, 5.74) is 4.90. The van der Waals surface area contributed by atoms with Crippen molar-refractivity contribution in [1.82, 2.24) is 25.6 Å². The van der Waals surface area contributed by atoms with Crippen molar-refractivity contribution >= 4 is 51.4 Å². The average molecular weight is 599 g/mol. The number of methoxy groups -OCH3 is 2. The topological polar surface area (TPSA) is 167 Å². The van der Waals surface area contributed by atoms with E-state index in [0.29, 0.717) is 15.9 Å². The summed E-state index contributed by atoms with van der Waals surface area (Å²) in [6.07, 6.45) is 1.74. The number of nitrogens with zero attached hydrogens (tertiary/aromatic N) is 2. The monoisotopic (exact) mass is 598 g/mol. The molecule has 2 aromatic carbocycles. The zero-order valence-electron chi connectivity index (χ0n) is 23.8. The van der Waals surface area contributed by atoms with Crippen LogP contribution in [0.5, 0.6) is 11.5 Å². The Labute approximate surface area is 247 Å². The zero-order valence-corrected chi connectivity index (χ0v) is 25.4. The Kier molecular flexibility index (Phi) is 11.2. The molecule has 2 heterocycles. The number of aromatic nitrogens is 3. The van der Waals surface area contributed by atoms with Crippen molar-refractivity contribution in [3.05, 3.63) is 70.5 Å². The van der Waals surface area contributed by atoms with E-state index in [2.05, 4.69) is 30.9 Å². The lowest BCUT2D eigenvalue weighted by Gasteiger charge is -2.14. The molecule has 2 aromatic heterocycles. The second-order valence-electron chi connectivity index (χ2n) is 9.27. The molecule has 0 saturated heterocycles. The van der Waals surface area contributed by atoms with Crippen LogP contribution in [0.1, 0.15) is 30.7 Å². The van der Waals surface area contributed by atoms with Gasteiger partial charge in [-0.3, -0.25) is 26.1 Å². The lowest BCUT2D eigenvalue weighted by atomic mass is 10.1. The van der Waals surface area contributed by atoms with Gasteiger partial charge in [0.05, 0.1) is 30.9 Å². The third kappa shape index (κ3) is 9.00. The molecule has 0 radical (unpaired) electrons. The van der Waals surface area contributed by atoms with Gasteiger partial charge in [0.1, 0.15) is 11.5 Å². The summed E-state index contributed by atoms with van der Waals surface area (Å²) >= 11 is 4.42. The molecule has 0 bridgehead atoms. The number of pyridine rings is 1. The number of anilines is 1. The summed E-state index contributed by atoms with van der Waals surface area (Å²) < 4.78 is 23.3. The van der Waals surface area contributed by atoms with Crippen LogP contribution in [0.4, 0.5) is 5.69 Å². The van der Waals surface area contributed by atoms with Crippen LogP contribution >= 0.6 is 11.6 Å². The molecule has 0 spiro atoms. The first kappa shape index (κ1) is 31.5. The largest absolute Gasteiger partial charge is 0.609 e. The number of hydrogen-bond acceptors (Lipinski definition) is 7. The van der Waals surface area contributed by atoms with E-state index in [-0.39, 0.29) is 23.7 Å². The molecule has 218 valence electrons. The fourth-order valence-electron chi connectivity index (χ4n) is 3.76. The fourth-order valence-corrected chi connectivity index (χ4v) is 4.99. The molecule has 0 aliphatic carbocycles. The molecule has 6 N–H and O–H groups in total. The normalized spacial score (nSPS) is 11.3. The van der Waals surface area contributed by atoms with Crippen LogP contribution in [0.15, 0.2) is 53.8 Å². The Balaban J connectivity index is 0.000000241. The van der Waals surface area contributed by atoms with E-state index in [9.17, 15) is 4.55 Å². The fraction of sp³-hybridized carbons (Fsp3) is 0.286. The van der Waals surface area contributed by atoms with Gasteiger partial charge < -0.3 is 24.7 Å². The first-order valence-electron chi connectivity index (χ1n) is 12.6. The van der Waals surface area contributed by atoms with Crippen molar-refractivity contribution in [3.8, 4) is 11.5 Å². The van der Waals surface area contributed by atoms with Crippen LogP contribution < -0.4 is 25.4 Å². The molecule has 1 atom stereocenters. The van der Waals surface area contributed by atoms with Crippen LogP contribution in [-0.4, -0.2) is 51.7 Å². The van der Waals surface area contributed by atoms with Crippen molar-refractivity contribution in [1.29, 1.82) is 10.8 Å². The van der Waals surface area contributed by atoms with E-state index >= 15 is 0 Å². The van der Waals surface area contributed by atoms with Gasteiger partial charge in [0.15, 0.2) is 17.7 Å². The number of rotatable bonds is 7. The van der Waals surface area contributed by atoms with E-state index in [0.717, 1.165) is 39.3 Å². The Morgan fingerprint density at radius 1 is 1.07 bits per heavy atom. The maximum Gasteiger partial charge on any atom is 0.322 e. The Morgan fingerprint density at radius 3 is 2.41 bits per heavy atom. The predicted octanol–water partition coefficient (Wildman–Crippen LogP) is 5.11. The zero-order chi connectivity index (χ0) is 30.1. The lowest BCUT2D eigenvalue weighted by molar-refractivity contribution is 0.407. The van der Waals surface area contributed by atoms with Crippen molar-refractivity contribution in [3.63, 3.8) is 0 Å². The lowest BCUT2D eigenvalue weighted by Crippen LogP contribution is -2.45. The molecule has 4 aromatic rings. The third-order valence-electron chi connectivity index (χ3n) is 5.70. The Morgan fingerprint density at radius 2 is 1.78 bits per heavy atom. The molecule has 11 nitrogen and oxygen atoms in total. The molecule has 0 aliphatic heterocycles. The molecular formula is C28H35ClN8O3S. The highest BCUT2D eigenvalue weighted by molar-refractivity contribution is 7.90. The smallest absolute Gasteiger partial charge is 0.322 e. The summed E-state index contributed by atoms with van der Waals surface area (Å²) in [6, 6.07) is 12.6. The summed E-state index contributed by atoms with van der Waals surface area (Å²) in [5, 5.41) is 24.4. The van der Waals surface area contributed by atoms with E-state index < -0.39 is 11.2 Å². The van der Waals surface area contributed by atoms with E-state index in [1.165, 1.54) is 0 Å². The van der Waals surface area contributed by atoms with Gasteiger partial charge in [-0.1, -0.05) is 11.6 Å². The number of halogens is 1. The summed E-state index contributed by atoms with van der Waals surface area (Å²) in [5.74, 6) is 1.90. The van der Waals surface area contributed by atoms with Crippen molar-refractivity contribution in [2.24, 2.45) is 0 Å². The summed E-state index contributed by atoms with van der Waals surface area (Å²) in [4.78, 5) is 11.9. The highest BCUT2D eigenvalue weighted by Gasteiger charge is 2.21. The minimum absolute atomic E-state index is 0.0328. The van der Waals surface area contributed by atoms with E-state index in [4.69, 9.17) is 31.9 Å².